The number of fused-ring (bicyclic) bond motifs is 2. The molecule has 3 aromatic rings. The number of nitrogens with one attached hydrogen (secondary N) is 1. The molecule has 0 spiro atoms. The second-order valence-electron chi connectivity index (χ2n) is 8.48. The summed E-state index contributed by atoms with van der Waals surface area (Å²) in [4.78, 5) is 6.08. The van der Waals surface area contributed by atoms with Gasteiger partial charge in [-0.05, 0) is 85.0 Å². The van der Waals surface area contributed by atoms with Crippen molar-refractivity contribution < 1.29 is 4.74 Å². The monoisotopic (exact) mass is 385 g/mol. The summed E-state index contributed by atoms with van der Waals surface area (Å²) < 4.78 is 5.43. The summed E-state index contributed by atoms with van der Waals surface area (Å²) in [6, 6.07) is 15.4. The molecule has 0 bridgehead atoms. The molecule has 5 rings (SSSR count). The molecule has 0 radical (unpaired) electrons. The van der Waals surface area contributed by atoms with Gasteiger partial charge < -0.3 is 9.72 Å². The lowest BCUT2D eigenvalue weighted by Gasteiger charge is -2.39. The summed E-state index contributed by atoms with van der Waals surface area (Å²) in [5, 5.41) is 10.5. The molecule has 148 valence electrons. The summed E-state index contributed by atoms with van der Waals surface area (Å²) >= 11 is 0. The van der Waals surface area contributed by atoms with Crippen molar-refractivity contribution in [2.45, 2.75) is 50.6 Å². The van der Waals surface area contributed by atoms with Crippen molar-refractivity contribution in [1.29, 1.82) is 5.26 Å². The van der Waals surface area contributed by atoms with Crippen molar-refractivity contribution in [2.24, 2.45) is 0 Å². The third-order valence-corrected chi connectivity index (χ3v) is 6.95. The average Bonchev–Trinajstić information content (AvgIpc) is 3.21. The molecule has 4 nitrogen and oxygen atoms in total. The van der Waals surface area contributed by atoms with Gasteiger partial charge in [0, 0.05) is 36.2 Å². The average molecular weight is 386 g/mol. The number of aromatic amines is 1. The Balaban J connectivity index is 1.28. The Kier molecular flexibility index (Phi) is 4.77. The van der Waals surface area contributed by atoms with Crippen LogP contribution < -0.4 is 4.74 Å². The zero-order valence-electron chi connectivity index (χ0n) is 16.9. The lowest BCUT2D eigenvalue weighted by molar-refractivity contribution is 0.135. The number of H-pyrrole nitrogens is 1. The lowest BCUT2D eigenvalue weighted by atomic mass is 9.80. The number of aromatic nitrogens is 1. The first-order valence-corrected chi connectivity index (χ1v) is 10.7. The molecule has 29 heavy (non-hydrogen) atoms. The van der Waals surface area contributed by atoms with E-state index < -0.39 is 0 Å². The topological polar surface area (TPSA) is 52.0 Å². The Labute approximate surface area is 172 Å². The largest absolute Gasteiger partial charge is 0.497 e. The Morgan fingerprint density at radius 3 is 2.72 bits per heavy atom. The van der Waals surface area contributed by atoms with E-state index in [1.54, 1.807) is 7.11 Å². The van der Waals surface area contributed by atoms with Gasteiger partial charge in [-0.2, -0.15) is 5.26 Å². The minimum Gasteiger partial charge on any atom is -0.497 e. The van der Waals surface area contributed by atoms with E-state index >= 15 is 0 Å². The molecule has 1 fully saturated rings. The highest BCUT2D eigenvalue weighted by atomic mass is 16.5. The second-order valence-corrected chi connectivity index (χ2v) is 8.48. The number of benzene rings is 2. The Morgan fingerprint density at radius 2 is 1.93 bits per heavy atom. The maximum Gasteiger partial charge on any atom is 0.119 e. The molecular formula is C25H27N3O. The van der Waals surface area contributed by atoms with Gasteiger partial charge in [0.05, 0.1) is 18.7 Å². The van der Waals surface area contributed by atoms with Crippen LogP contribution in [0.5, 0.6) is 5.75 Å². The van der Waals surface area contributed by atoms with Crippen LogP contribution in [0.3, 0.4) is 0 Å². The van der Waals surface area contributed by atoms with Crippen LogP contribution in [0.1, 0.15) is 53.9 Å². The van der Waals surface area contributed by atoms with Crippen molar-refractivity contribution in [1.82, 2.24) is 9.88 Å². The minimum atomic E-state index is 0.589. The molecule has 2 aromatic carbocycles. The van der Waals surface area contributed by atoms with Gasteiger partial charge in [0.2, 0.25) is 0 Å². The van der Waals surface area contributed by atoms with Gasteiger partial charge in [-0.25, -0.2) is 0 Å². The van der Waals surface area contributed by atoms with Gasteiger partial charge in [-0.1, -0.05) is 6.07 Å². The molecule has 4 heteroatoms. The fraction of sp³-hybridized carbons (Fsp3) is 0.400. The van der Waals surface area contributed by atoms with E-state index in [4.69, 9.17) is 4.74 Å². The summed E-state index contributed by atoms with van der Waals surface area (Å²) in [7, 11) is 1.74. The third kappa shape index (κ3) is 3.41. The van der Waals surface area contributed by atoms with Crippen LogP contribution in [0.2, 0.25) is 0 Å². The highest BCUT2D eigenvalue weighted by Gasteiger charge is 2.29. The van der Waals surface area contributed by atoms with Gasteiger partial charge in [0.25, 0.3) is 0 Å². The summed E-state index contributed by atoms with van der Waals surface area (Å²) in [6.45, 7) is 2.20. The number of methoxy groups -OCH3 is 1. The SMILES string of the molecule is COc1ccc2c(c1)CN(C1CCC(c3c[nH]c4ccc(C#N)cc34)CC1)CC2. The van der Waals surface area contributed by atoms with Crippen molar-refractivity contribution in [3.63, 3.8) is 0 Å². The van der Waals surface area contributed by atoms with Gasteiger partial charge in [-0.3, -0.25) is 4.90 Å². The fourth-order valence-corrected chi connectivity index (χ4v) is 5.30. The molecule has 2 aliphatic rings. The van der Waals surface area contributed by atoms with Crippen LogP contribution >= 0.6 is 0 Å². The molecule has 1 aromatic heterocycles. The number of hydrogen-bond donors (Lipinski definition) is 1. The molecule has 1 aliphatic carbocycles. The standard InChI is InChI=1S/C25H27N3O/c1-29-22-8-5-18-10-11-28(16-20(18)13-22)21-6-3-19(4-7-21)24-15-27-25-9-2-17(14-26)12-23(24)25/h2,5,8-9,12-13,15,19,21,27H,3-4,6-7,10-11,16H2,1H3. The maximum absolute atomic E-state index is 9.24. The molecular weight excluding hydrogens is 358 g/mol. The molecule has 0 unspecified atom stereocenters. The molecule has 0 atom stereocenters. The van der Waals surface area contributed by atoms with E-state index in [1.807, 2.05) is 18.2 Å². The number of nitriles is 1. The zero-order valence-corrected chi connectivity index (χ0v) is 16.9. The van der Waals surface area contributed by atoms with E-state index in [9.17, 15) is 5.26 Å². The van der Waals surface area contributed by atoms with Crippen LogP contribution in [0.4, 0.5) is 0 Å². The first-order valence-electron chi connectivity index (χ1n) is 10.7. The Bertz CT molecular complexity index is 1070. The lowest BCUT2D eigenvalue weighted by Crippen LogP contribution is -2.41. The molecule has 0 amide bonds. The second kappa shape index (κ2) is 7.57. The zero-order chi connectivity index (χ0) is 19.8. The van der Waals surface area contributed by atoms with Crippen molar-refractivity contribution in [3.8, 4) is 11.8 Å². The normalized spacial score (nSPS) is 22.2. The van der Waals surface area contributed by atoms with Gasteiger partial charge in [0.15, 0.2) is 0 Å². The van der Waals surface area contributed by atoms with E-state index in [0.29, 0.717) is 12.0 Å². The molecule has 2 heterocycles. The molecule has 0 saturated heterocycles. The van der Waals surface area contributed by atoms with E-state index in [1.165, 1.54) is 47.8 Å². The summed E-state index contributed by atoms with van der Waals surface area (Å²) in [5.74, 6) is 1.55. The van der Waals surface area contributed by atoms with Crippen molar-refractivity contribution >= 4 is 10.9 Å². The van der Waals surface area contributed by atoms with Crippen molar-refractivity contribution in [2.75, 3.05) is 13.7 Å². The maximum atomic E-state index is 9.24. The van der Waals surface area contributed by atoms with E-state index in [0.717, 1.165) is 36.3 Å². The first kappa shape index (κ1) is 18.3. The fourth-order valence-electron chi connectivity index (χ4n) is 5.30. The summed E-state index contributed by atoms with van der Waals surface area (Å²) in [5.41, 5.74) is 6.18. The van der Waals surface area contributed by atoms with Gasteiger partial charge >= 0.3 is 0 Å². The third-order valence-electron chi connectivity index (χ3n) is 6.95. The molecule has 1 aliphatic heterocycles. The molecule has 1 saturated carbocycles. The Morgan fingerprint density at radius 1 is 1.07 bits per heavy atom. The number of ether oxygens (including phenoxy) is 1. The predicted octanol–water partition coefficient (Wildman–Crippen LogP) is 5.13. The quantitative estimate of drug-likeness (QED) is 0.680. The molecule has 1 N–H and O–H groups in total. The minimum absolute atomic E-state index is 0.589. The predicted molar refractivity (Wildman–Crippen MR) is 115 cm³/mol. The summed E-state index contributed by atoms with van der Waals surface area (Å²) in [6.07, 6.45) is 8.23. The highest BCUT2D eigenvalue weighted by molar-refractivity contribution is 5.85. The van der Waals surface area contributed by atoms with Crippen LogP contribution in [0.25, 0.3) is 10.9 Å². The van der Waals surface area contributed by atoms with Crippen LogP contribution in [0.15, 0.2) is 42.6 Å². The Hall–Kier alpha value is -2.77. The van der Waals surface area contributed by atoms with Gasteiger partial charge in [0.1, 0.15) is 5.75 Å². The van der Waals surface area contributed by atoms with Gasteiger partial charge in [-0.15, -0.1) is 0 Å². The van der Waals surface area contributed by atoms with E-state index in [2.05, 4.69) is 40.3 Å². The smallest absolute Gasteiger partial charge is 0.119 e. The van der Waals surface area contributed by atoms with Crippen LogP contribution in [-0.4, -0.2) is 29.6 Å². The van der Waals surface area contributed by atoms with E-state index in [-0.39, 0.29) is 0 Å². The highest BCUT2D eigenvalue weighted by Crippen LogP contribution is 2.39. The van der Waals surface area contributed by atoms with Crippen LogP contribution in [0, 0.1) is 11.3 Å². The van der Waals surface area contributed by atoms with Crippen molar-refractivity contribution in [3.05, 3.63) is 64.8 Å². The number of rotatable bonds is 3. The first-order chi connectivity index (χ1) is 14.2. The number of hydrogen-bond acceptors (Lipinski definition) is 3. The number of nitrogens with zero attached hydrogens (tertiary/aromatic N) is 2. The van der Waals surface area contributed by atoms with Crippen LogP contribution in [-0.2, 0) is 13.0 Å².